The van der Waals surface area contributed by atoms with Crippen LogP contribution in [0.4, 0.5) is 0 Å². The Morgan fingerprint density at radius 3 is 1.89 bits per heavy atom. The number of hydrogen-bond donors (Lipinski definition) is 0. The fourth-order valence-corrected chi connectivity index (χ4v) is 2.76. The highest BCUT2D eigenvalue weighted by molar-refractivity contribution is 4.93. The van der Waals surface area contributed by atoms with Crippen molar-refractivity contribution >= 4 is 0 Å². The van der Waals surface area contributed by atoms with Crippen LogP contribution in [0.2, 0.25) is 0 Å². The molecule has 0 spiro atoms. The maximum absolute atomic E-state index is 5.88. The molecule has 0 saturated carbocycles. The molecule has 0 aliphatic heterocycles. The standard InChI is InChI=1S/C18H34O/c1-2-17-19-18-15-13-11-9-7-5-3-4-6-8-10-12-14-16-18/h15H,2-14,16-17H2,1H3/b18-15+. The predicted molar refractivity (Wildman–Crippen MR) is 84.3 cm³/mol. The summed E-state index contributed by atoms with van der Waals surface area (Å²) in [5, 5.41) is 0. The van der Waals surface area contributed by atoms with Gasteiger partial charge in [-0.05, 0) is 31.8 Å². The molecule has 1 aliphatic carbocycles. The zero-order chi connectivity index (χ0) is 13.6. The Morgan fingerprint density at radius 1 is 0.789 bits per heavy atom. The van der Waals surface area contributed by atoms with E-state index in [1.165, 1.54) is 89.2 Å². The van der Waals surface area contributed by atoms with E-state index >= 15 is 0 Å². The average molecular weight is 266 g/mol. The average Bonchev–Trinajstić information content (AvgIpc) is 2.44. The Labute approximate surface area is 120 Å². The van der Waals surface area contributed by atoms with Gasteiger partial charge in [0.2, 0.25) is 0 Å². The molecule has 0 aromatic heterocycles. The molecular formula is C18H34O. The van der Waals surface area contributed by atoms with Gasteiger partial charge in [0.05, 0.1) is 12.4 Å². The lowest BCUT2D eigenvalue weighted by atomic mass is 10.1. The molecule has 0 aromatic carbocycles. The van der Waals surface area contributed by atoms with Crippen molar-refractivity contribution < 1.29 is 4.74 Å². The van der Waals surface area contributed by atoms with Gasteiger partial charge >= 0.3 is 0 Å². The minimum Gasteiger partial charge on any atom is -0.498 e. The van der Waals surface area contributed by atoms with Gasteiger partial charge in [0.15, 0.2) is 0 Å². The first-order valence-corrected chi connectivity index (χ1v) is 8.75. The molecule has 0 aromatic rings. The van der Waals surface area contributed by atoms with Crippen LogP contribution in [0.25, 0.3) is 0 Å². The minimum absolute atomic E-state index is 0.895. The van der Waals surface area contributed by atoms with E-state index in [0.29, 0.717) is 0 Å². The number of hydrogen-bond acceptors (Lipinski definition) is 1. The van der Waals surface area contributed by atoms with E-state index in [-0.39, 0.29) is 0 Å². The van der Waals surface area contributed by atoms with Crippen LogP contribution in [-0.2, 0) is 4.74 Å². The highest BCUT2D eigenvalue weighted by Gasteiger charge is 2.00. The highest BCUT2D eigenvalue weighted by Crippen LogP contribution is 2.17. The monoisotopic (exact) mass is 266 g/mol. The predicted octanol–water partition coefficient (Wildman–Crippen LogP) is 6.38. The van der Waals surface area contributed by atoms with Gasteiger partial charge in [-0.2, -0.15) is 0 Å². The summed E-state index contributed by atoms with van der Waals surface area (Å²) in [5.41, 5.74) is 0. The first-order valence-electron chi connectivity index (χ1n) is 8.75. The van der Waals surface area contributed by atoms with Crippen LogP contribution in [0.1, 0.15) is 96.8 Å². The molecule has 0 fully saturated rings. The molecule has 0 heterocycles. The highest BCUT2D eigenvalue weighted by atomic mass is 16.5. The molecule has 0 amide bonds. The number of ether oxygens (including phenoxy) is 1. The first-order chi connectivity index (χ1) is 9.43. The lowest BCUT2D eigenvalue weighted by Crippen LogP contribution is -1.95. The van der Waals surface area contributed by atoms with Gasteiger partial charge in [0, 0.05) is 6.42 Å². The third-order valence-corrected chi connectivity index (χ3v) is 3.99. The topological polar surface area (TPSA) is 9.23 Å². The molecule has 1 heteroatoms. The Balaban J connectivity index is 2.30. The first kappa shape index (κ1) is 16.6. The summed E-state index contributed by atoms with van der Waals surface area (Å²) in [6, 6.07) is 0. The van der Waals surface area contributed by atoms with Gasteiger partial charge < -0.3 is 4.74 Å². The largest absolute Gasteiger partial charge is 0.498 e. The van der Waals surface area contributed by atoms with Crippen LogP contribution in [0, 0.1) is 0 Å². The maximum Gasteiger partial charge on any atom is 0.0919 e. The van der Waals surface area contributed by atoms with E-state index in [9.17, 15) is 0 Å². The summed E-state index contributed by atoms with van der Waals surface area (Å²) in [6.45, 7) is 3.08. The van der Waals surface area contributed by atoms with Crippen molar-refractivity contribution in [3.63, 3.8) is 0 Å². The van der Waals surface area contributed by atoms with Gasteiger partial charge in [-0.3, -0.25) is 0 Å². The molecular weight excluding hydrogens is 232 g/mol. The molecule has 0 bridgehead atoms. The van der Waals surface area contributed by atoms with Crippen LogP contribution in [0.5, 0.6) is 0 Å². The van der Waals surface area contributed by atoms with Gasteiger partial charge in [-0.25, -0.2) is 0 Å². The van der Waals surface area contributed by atoms with Gasteiger partial charge in [0.1, 0.15) is 0 Å². The van der Waals surface area contributed by atoms with E-state index in [0.717, 1.165) is 13.0 Å². The van der Waals surface area contributed by atoms with Gasteiger partial charge in [-0.15, -0.1) is 0 Å². The maximum atomic E-state index is 5.88. The van der Waals surface area contributed by atoms with Crippen LogP contribution in [-0.4, -0.2) is 6.61 Å². The van der Waals surface area contributed by atoms with E-state index < -0.39 is 0 Å². The fraction of sp³-hybridized carbons (Fsp3) is 0.889. The van der Waals surface area contributed by atoms with Crippen LogP contribution in [0.15, 0.2) is 11.8 Å². The van der Waals surface area contributed by atoms with Crippen molar-refractivity contribution in [2.24, 2.45) is 0 Å². The molecule has 0 N–H and O–H groups in total. The second-order valence-electron chi connectivity index (χ2n) is 5.95. The lowest BCUT2D eigenvalue weighted by molar-refractivity contribution is 0.199. The van der Waals surface area contributed by atoms with E-state index in [2.05, 4.69) is 13.0 Å². The summed E-state index contributed by atoms with van der Waals surface area (Å²) in [6.07, 6.45) is 21.4. The third kappa shape index (κ3) is 10.0. The summed E-state index contributed by atoms with van der Waals surface area (Å²) >= 11 is 0. The Bertz CT molecular complexity index is 220. The molecule has 112 valence electrons. The zero-order valence-corrected chi connectivity index (χ0v) is 13.1. The van der Waals surface area contributed by atoms with E-state index in [4.69, 9.17) is 4.74 Å². The molecule has 1 nitrogen and oxygen atoms in total. The quantitative estimate of drug-likeness (QED) is 0.575. The van der Waals surface area contributed by atoms with Crippen molar-refractivity contribution in [1.82, 2.24) is 0 Å². The Hall–Kier alpha value is -0.460. The zero-order valence-electron chi connectivity index (χ0n) is 13.1. The molecule has 19 heavy (non-hydrogen) atoms. The second kappa shape index (κ2) is 12.6. The Kier molecular flexibility index (Phi) is 11.0. The van der Waals surface area contributed by atoms with Crippen LogP contribution < -0.4 is 0 Å². The molecule has 0 radical (unpaired) electrons. The lowest BCUT2D eigenvalue weighted by Gasteiger charge is -2.10. The SMILES string of the molecule is CCCO/C1=C/CCCCCCCCCCCCC1. The van der Waals surface area contributed by atoms with Crippen molar-refractivity contribution in [1.29, 1.82) is 0 Å². The third-order valence-electron chi connectivity index (χ3n) is 3.99. The molecule has 0 unspecified atom stereocenters. The number of rotatable bonds is 3. The van der Waals surface area contributed by atoms with Crippen molar-refractivity contribution in [2.45, 2.75) is 96.8 Å². The van der Waals surface area contributed by atoms with E-state index in [1.807, 2.05) is 0 Å². The fourth-order valence-electron chi connectivity index (χ4n) is 2.76. The second-order valence-corrected chi connectivity index (χ2v) is 5.95. The summed E-state index contributed by atoms with van der Waals surface area (Å²) in [5.74, 6) is 1.27. The Morgan fingerprint density at radius 2 is 1.32 bits per heavy atom. The van der Waals surface area contributed by atoms with Crippen LogP contribution in [0.3, 0.4) is 0 Å². The number of allylic oxidation sites excluding steroid dienone is 2. The summed E-state index contributed by atoms with van der Waals surface area (Å²) < 4.78 is 5.88. The smallest absolute Gasteiger partial charge is 0.0919 e. The molecule has 0 saturated heterocycles. The van der Waals surface area contributed by atoms with Crippen molar-refractivity contribution in [3.05, 3.63) is 11.8 Å². The molecule has 1 rings (SSSR count). The van der Waals surface area contributed by atoms with Crippen LogP contribution >= 0.6 is 0 Å². The molecule has 1 aliphatic rings. The summed E-state index contributed by atoms with van der Waals surface area (Å²) in [7, 11) is 0. The summed E-state index contributed by atoms with van der Waals surface area (Å²) in [4.78, 5) is 0. The normalized spacial score (nSPS) is 23.7. The van der Waals surface area contributed by atoms with Crippen molar-refractivity contribution in [3.8, 4) is 0 Å². The van der Waals surface area contributed by atoms with E-state index in [1.54, 1.807) is 0 Å². The van der Waals surface area contributed by atoms with Gasteiger partial charge in [0.25, 0.3) is 0 Å². The molecule has 0 atom stereocenters. The minimum atomic E-state index is 0.895. The van der Waals surface area contributed by atoms with Crippen molar-refractivity contribution in [2.75, 3.05) is 6.61 Å². The van der Waals surface area contributed by atoms with Gasteiger partial charge in [-0.1, -0.05) is 64.7 Å².